The Balaban J connectivity index is 0.000000461. The van der Waals surface area contributed by atoms with Crippen LogP contribution in [0.15, 0.2) is 16.8 Å². The Morgan fingerprint density at radius 3 is 2.36 bits per heavy atom. The Hall–Kier alpha value is -0.630. The van der Waals surface area contributed by atoms with E-state index >= 15 is 0 Å². The summed E-state index contributed by atoms with van der Waals surface area (Å²) in [6.07, 6.45) is 3.58. The van der Waals surface area contributed by atoms with E-state index in [1.807, 2.05) is 26.8 Å². The van der Waals surface area contributed by atoms with Crippen LogP contribution in [0.2, 0.25) is 0 Å². The molecule has 0 aliphatic rings. The van der Waals surface area contributed by atoms with E-state index < -0.39 is 0 Å². The normalized spacial score (nSPS) is 9.45. The first kappa shape index (κ1) is 10.4. The zero-order chi connectivity index (χ0) is 8.69. The van der Waals surface area contributed by atoms with Gasteiger partial charge >= 0.3 is 0 Å². The second-order valence-electron chi connectivity index (χ2n) is 1.68. The van der Waals surface area contributed by atoms with Gasteiger partial charge in [0.15, 0.2) is 0 Å². The molecule has 1 rings (SSSR count). The maximum atomic E-state index is 12.5. The van der Waals surface area contributed by atoms with Gasteiger partial charge in [-0.15, -0.1) is 11.3 Å². The summed E-state index contributed by atoms with van der Waals surface area (Å²) in [5.74, 6) is -0.127. The number of halogens is 1. The molecule has 0 spiro atoms. The SMILES string of the molecule is C/C=C/c1cscc1F.CC. The van der Waals surface area contributed by atoms with Crippen LogP contribution in [0.4, 0.5) is 4.39 Å². The molecule has 1 aromatic rings. The molecule has 0 N–H and O–H groups in total. The summed E-state index contributed by atoms with van der Waals surface area (Å²) in [5.41, 5.74) is 0.683. The van der Waals surface area contributed by atoms with Crippen molar-refractivity contribution in [2.24, 2.45) is 0 Å². The molecule has 1 heterocycles. The van der Waals surface area contributed by atoms with Crippen molar-refractivity contribution < 1.29 is 4.39 Å². The van der Waals surface area contributed by atoms with E-state index in [4.69, 9.17) is 0 Å². The maximum absolute atomic E-state index is 12.5. The Kier molecular flexibility index (Phi) is 5.75. The summed E-state index contributed by atoms with van der Waals surface area (Å²) < 4.78 is 12.5. The van der Waals surface area contributed by atoms with Crippen LogP contribution >= 0.6 is 11.3 Å². The third-order valence-electron chi connectivity index (χ3n) is 0.989. The van der Waals surface area contributed by atoms with Gasteiger partial charge in [0.25, 0.3) is 0 Å². The van der Waals surface area contributed by atoms with E-state index in [0.29, 0.717) is 5.56 Å². The minimum atomic E-state index is -0.127. The lowest BCUT2D eigenvalue weighted by Gasteiger charge is -1.81. The van der Waals surface area contributed by atoms with Crippen LogP contribution in [-0.4, -0.2) is 0 Å². The number of hydrogen-bond acceptors (Lipinski definition) is 1. The first-order valence-electron chi connectivity index (χ1n) is 3.69. The molecule has 0 unspecified atom stereocenters. The third kappa shape index (κ3) is 3.33. The Labute approximate surface area is 71.4 Å². The summed E-state index contributed by atoms with van der Waals surface area (Å²) in [6.45, 7) is 5.87. The molecule has 11 heavy (non-hydrogen) atoms. The quantitative estimate of drug-likeness (QED) is 0.601. The van der Waals surface area contributed by atoms with Crippen LogP contribution in [0.5, 0.6) is 0 Å². The van der Waals surface area contributed by atoms with Crippen molar-refractivity contribution in [3.05, 3.63) is 28.2 Å². The van der Waals surface area contributed by atoms with E-state index in [9.17, 15) is 4.39 Å². The van der Waals surface area contributed by atoms with Gasteiger partial charge in [0.2, 0.25) is 0 Å². The highest BCUT2D eigenvalue weighted by Crippen LogP contribution is 2.13. The smallest absolute Gasteiger partial charge is 0.141 e. The minimum Gasteiger partial charge on any atom is -0.205 e. The number of allylic oxidation sites excluding steroid dienone is 1. The van der Waals surface area contributed by atoms with Crippen molar-refractivity contribution >= 4 is 17.4 Å². The van der Waals surface area contributed by atoms with Crippen molar-refractivity contribution in [3.8, 4) is 0 Å². The first-order valence-corrected chi connectivity index (χ1v) is 4.63. The fourth-order valence-corrected chi connectivity index (χ4v) is 1.25. The van der Waals surface area contributed by atoms with Gasteiger partial charge < -0.3 is 0 Å². The topological polar surface area (TPSA) is 0 Å². The average Bonchev–Trinajstić information content (AvgIpc) is 2.42. The molecule has 2 heteroatoms. The molecule has 62 valence electrons. The molecule has 0 nitrogen and oxygen atoms in total. The number of rotatable bonds is 1. The lowest BCUT2D eigenvalue weighted by Crippen LogP contribution is -1.67. The maximum Gasteiger partial charge on any atom is 0.141 e. The predicted octanol–water partition coefficient (Wildman–Crippen LogP) is 3.95. The number of hydrogen-bond donors (Lipinski definition) is 0. The van der Waals surface area contributed by atoms with Crippen LogP contribution < -0.4 is 0 Å². The van der Waals surface area contributed by atoms with Gasteiger partial charge in [-0.05, 0) is 6.92 Å². The zero-order valence-electron chi connectivity index (χ0n) is 7.10. The van der Waals surface area contributed by atoms with Crippen molar-refractivity contribution in [2.75, 3.05) is 0 Å². The molecule has 0 saturated carbocycles. The summed E-state index contributed by atoms with van der Waals surface area (Å²) in [7, 11) is 0. The summed E-state index contributed by atoms with van der Waals surface area (Å²) in [4.78, 5) is 0. The second-order valence-corrected chi connectivity index (χ2v) is 2.42. The van der Waals surface area contributed by atoms with Gasteiger partial charge in [0.05, 0.1) is 0 Å². The van der Waals surface area contributed by atoms with Gasteiger partial charge in [-0.3, -0.25) is 0 Å². The average molecular weight is 172 g/mol. The fourth-order valence-electron chi connectivity index (χ4n) is 0.590. The summed E-state index contributed by atoms with van der Waals surface area (Å²) in [6, 6.07) is 0. The van der Waals surface area contributed by atoms with E-state index in [2.05, 4.69) is 0 Å². The third-order valence-corrected chi connectivity index (χ3v) is 1.72. The standard InChI is InChI=1S/C7H7FS.C2H6/c1-2-3-6-4-9-5-7(6)8;1-2/h2-5H,1H3;1-2H3/b3-2+;. The summed E-state index contributed by atoms with van der Waals surface area (Å²) in [5, 5.41) is 3.28. The minimum absolute atomic E-state index is 0.127. The van der Waals surface area contributed by atoms with Crippen molar-refractivity contribution in [1.29, 1.82) is 0 Å². The molecule has 0 aromatic carbocycles. The predicted molar refractivity (Wildman–Crippen MR) is 50.3 cm³/mol. The zero-order valence-corrected chi connectivity index (χ0v) is 7.91. The Bertz CT molecular complexity index is 213. The highest BCUT2D eigenvalue weighted by molar-refractivity contribution is 7.08. The Morgan fingerprint density at radius 1 is 1.36 bits per heavy atom. The van der Waals surface area contributed by atoms with Gasteiger partial charge in [0.1, 0.15) is 5.82 Å². The van der Waals surface area contributed by atoms with E-state index in [-0.39, 0.29) is 5.82 Å². The Morgan fingerprint density at radius 2 is 2.00 bits per heavy atom. The number of thiophene rings is 1. The molecule has 0 fully saturated rings. The molecule has 0 atom stereocenters. The molecule has 0 saturated heterocycles. The van der Waals surface area contributed by atoms with Crippen LogP contribution in [-0.2, 0) is 0 Å². The molecule has 1 aromatic heterocycles. The second kappa shape index (κ2) is 6.10. The van der Waals surface area contributed by atoms with E-state index in [1.165, 1.54) is 16.7 Å². The monoisotopic (exact) mass is 172 g/mol. The van der Waals surface area contributed by atoms with E-state index in [1.54, 1.807) is 11.5 Å². The lowest BCUT2D eigenvalue weighted by molar-refractivity contribution is 0.631. The summed E-state index contributed by atoms with van der Waals surface area (Å²) >= 11 is 1.38. The van der Waals surface area contributed by atoms with Gasteiger partial charge in [0, 0.05) is 16.3 Å². The lowest BCUT2D eigenvalue weighted by atomic mass is 10.3. The van der Waals surface area contributed by atoms with Crippen molar-refractivity contribution in [3.63, 3.8) is 0 Å². The molecule has 0 aliphatic carbocycles. The molecule has 0 bridgehead atoms. The van der Waals surface area contributed by atoms with Crippen LogP contribution in [0.25, 0.3) is 6.08 Å². The van der Waals surface area contributed by atoms with E-state index in [0.717, 1.165) is 0 Å². The highest BCUT2D eigenvalue weighted by atomic mass is 32.1. The molecule has 0 aliphatic heterocycles. The van der Waals surface area contributed by atoms with Gasteiger partial charge in [-0.25, -0.2) is 4.39 Å². The molecule has 0 radical (unpaired) electrons. The molecular weight excluding hydrogens is 159 g/mol. The van der Waals surface area contributed by atoms with Crippen LogP contribution in [0.3, 0.4) is 0 Å². The first-order chi connectivity index (χ1) is 5.34. The van der Waals surface area contributed by atoms with Gasteiger partial charge in [-0.1, -0.05) is 26.0 Å². The van der Waals surface area contributed by atoms with Crippen LogP contribution in [0.1, 0.15) is 26.3 Å². The highest BCUT2D eigenvalue weighted by Gasteiger charge is 1.95. The fraction of sp³-hybridized carbons (Fsp3) is 0.333. The van der Waals surface area contributed by atoms with Crippen molar-refractivity contribution in [2.45, 2.75) is 20.8 Å². The van der Waals surface area contributed by atoms with Crippen LogP contribution in [0, 0.1) is 5.82 Å². The van der Waals surface area contributed by atoms with Crippen molar-refractivity contribution in [1.82, 2.24) is 0 Å². The largest absolute Gasteiger partial charge is 0.205 e. The molecule has 0 amide bonds. The molecular formula is C9H13FS. The van der Waals surface area contributed by atoms with Gasteiger partial charge in [-0.2, -0.15) is 0 Å².